The van der Waals surface area contributed by atoms with Crippen LogP contribution in [0, 0.1) is 6.92 Å². The first kappa shape index (κ1) is 6.86. The lowest BCUT2D eigenvalue weighted by Crippen LogP contribution is -2.04. The van der Waals surface area contributed by atoms with Gasteiger partial charge in [0.05, 0.1) is 0 Å². The number of fused-ring (bicyclic) bond motifs is 1. The minimum atomic E-state index is 0.297. The molecule has 58 valence electrons. The molecule has 0 heterocycles. The molecule has 0 amide bonds. The number of rotatable bonds is 0. The number of hydrogen-bond donors (Lipinski definition) is 1. The summed E-state index contributed by atoms with van der Waals surface area (Å²) in [6.45, 7) is 2.13. The molecule has 1 aromatic carbocycles. The van der Waals surface area contributed by atoms with Gasteiger partial charge < -0.3 is 5.73 Å². The topological polar surface area (TPSA) is 26.0 Å². The molecule has 0 unspecified atom stereocenters. The normalized spacial score (nSPS) is 21.8. The first-order valence-electron chi connectivity index (χ1n) is 4.12. The standard InChI is InChI=1S/C10H13N/c1-7-2-4-9-8(6-7)3-5-10(9)11/h2,4,6,10H,3,5,11H2,1H3/t10-/m1/s1. The van der Waals surface area contributed by atoms with E-state index in [1.807, 2.05) is 0 Å². The van der Waals surface area contributed by atoms with Crippen LogP contribution in [0.5, 0.6) is 0 Å². The fourth-order valence-electron chi connectivity index (χ4n) is 1.78. The molecule has 0 saturated heterocycles. The Morgan fingerprint density at radius 2 is 2.27 bits per heavy atom. The third-order valence-electron chi connectivity index (χ3n) is 2.42. The molecule has 0 bridgehead atoms. The molecule has 0 aliphatic heterocycles. The largest absolute Gasteiger partial charge is 0.324 e. The summed E-state index contributed by atoms with van der Waals surface area (Å²) >= 11 is 0. The second-order valence-corrected chi connectivity index (χ2v) is 3.35. The zero-order valence-corrected chi connectivity index (χ0v) is 6.80. The van der Waals surface area contributed by atoms with Gasteiger partial charge in [-0.2, -0.15) is 0 Å². The van der Waals surface area contributed by atoms with Gasteiger partial charge in [-0.3, -0.25) is 0 Å². The highest BCUT2D eigenvalue weighted by Crippen LogP contribution is 2.29. The number of nitrogens with two attached hydrogens (primary N) is 1. The Labute approximate surface area is 67.2 Å². The van der Waals surface area contributed by atoms with Gasteiger partial charge in [0, 0.05) is 6.04 Å². The van der Waals surface area contributed by atoms with Gasteiger partial charge in [-0.15, -0.1) is 0 Å². The Morgan fingerprint density at radius 1 is 1.45 bits per heavy atom. The third kappa shape index (κ3) is 1.05. The molecule has 0 spiro atoms. The van der Waals surface area contributed by atoms with Crippen LogP contribution >= 0.6 is 0 Å². The van der Waals surface area contributed by atoms with Crippen molar-refractivity contribution in [2.45, 2.75) is 25.8 Å². The van der Waals surface area contributed by atoms with Gasteiger partial charge in [0.1, 0.15) is 0 Å². The summed E-state index contributed by atoms with van der Waals surface area (Å²) in [5.74, 6) is 0. The molecule has 1 nitrogen and oxygen atoms in total. The maximum absolute atomic E-state index is 5.90. The van der Waals surface area contributed by atoms with E-state index in [1.165, 1.54) is 16.7 Å². The zero-order chi connectivity index (χ0) is 7.84. The second kappa shape index (κ2) is 2.35. The summed E-state index contributed by atoms with van der Waals surface area (Å²) in [5, 5.41) is 0. The molecule has 0 radical (unpaired) electrons. The van der Waals surface area contributed by atoms with Crippen LogP contribution in [-0.2, 0) is 6.42 Å². The summed E-state index contributed by atoms with van der Waals surface area (Å²) in [5.41, 5.74) is 10.1. The van der Waals surface area contributed by atoms with Crippen LogP contribution in [-0.4, -0.2) is 0 Å². The predicted octanol–water partition coefficient (Wildman–Crippen LogP) is 1.94. The smallest absolute Gasteiger partial charge is 0.0300 e. The molecular formula is C10H13N. The Morgan fingerprint density at radius 3 is 3.09 bits per heavy atom. The fraction of sp³-hybridized carbons (Fsp3) is 0.400. The van der Waals surface area contributed by atoms with E-state index in [2.05, 4.69) is 25.1 Å². The molecule has 11 heavy (non-hydrogen) atoms. The highest BCUT2D eigenvalue weighted by molar-refractivity contribution is 5.37. The number of hydrogen-bond acceptors (Lipinski definition) is 1. The van der Waals surface area contributed by atoms with Gasteiger partial charge in [0.25, 0.3) is 0 Å². The van der Waals surface area contributed by atoms with Crippen molar-refractivity contribution in [2.75, 3.05) is 0 Å². The van der Waals surface area contributed by atoms with E-state index in [1.54, 1.807) is 0 Å². The quantitative estimate of drug-likeness (QED) is 0.596. The van der Waals surface area contributed by atoms with Crippen molar-refractivity contribution in [1.29, 1.82) is 0 Å². The van der Waals surface area contributed by atoms with E-state index < -0.39 is 0 Å². The van der Waals surface area contributed by atoms with Crippen LogP contribution in [0.25, 0.3) is 0 Å². The van der Waals surface area contributed by atoms with Crippen molar-refractivity contribution >= 4 is 0 Å². The number of aryl methyl sites for hydroxylation is 2. The van der Waals surface area contributed by atoms with Gasteiger partial charge in [0.15, 0.2) is 0 Å². The van der Waals surface area contributed by atoms with Crippen LogP contribution < -0.4 is 5.73 Å². The molecule has 2 N–H and O–H groups in total. The van der Waals surface area contributed by atoms with Crippen molar-refractivity contribution in [2.24, 2.45) is 5.73 Å². The number of benzene rings is 1. The lowest BCUT2D eigenvalue weighted by Gasteiger charge is -2.03. The fourth-order valence-corrected chi connectivity index (χ4v) is 1.78. The monoisotopic (exact) mass is 147 g/mol. The van der Waals surface area contributed by atoms with Gasteiger partial charge in [-0.05, 0) is 30.9 Å². The molecule has 2 rings (SSSR count). The van der Waals surface area contributed by atoms with E-state index in [-0.39, 0.29) is 0 Å². The first-order valence-corrected chi connectivity index (χ1v) is 4.12. The van der Waals surface area contributed by atoms with E-state index in [0.29, 0.717) is 6.04 Å². The van der Waals surface area contributed by atoms with E-state index >= 15 is 0 Å². The van der Waals surface area contributed by atoms with E-state index in [0.717, 1.165) is 12.8 Å². The highest BCUT2D eigenvalue weighted by atomic mass is 14.6. The summed E-state index contributed by atoms with van der Waals surface area (Å²) in [6.07, 6.45) is 2.29. The minimum Gasteiger partial charge on any atom is -0.324 e. The van der Waals surface area contributed by atoms with Crippen molar-refractivity contribution in [3.63, 3.8) is 0 Å². The minimum absolute atomic E-state index is 0.297. The third-order valence-corrected chi connectivity index (χ3v) is 2.42. The van der Waals surface area contributed by atoms with Crippen LogP contribution in [0.15, 0.2) is 18.2 Å². The average molecular weight is 147 g/mol. The van der Waals surface area contributed by atoms with E-state index in [9.17, 15) is 0 Å². The van der Waals surface area contributed by atoms with Crippen molar-refractivity contribution < 1.29 is 0 Å². The van der Waals surface area contributed by atoms with Crippen molar-refractivity contribution in [1.82, 2.24) is 0 Å². The maximum atomic E-state index is 5.90. The molecule has 1 aliphatic rings. The van der Waals surface area contributed by atoms with Crippen LogP contribution in [0.2, 0.25) is 0 Å². The molecular weight excluding hydrogens is 134 g/mol. The molecule has 0 saturated carbocycles. The molecule has 0 fully saturated rings. The van der Waals surface area contributed by atoms with Gasteiger partial charge in [0.2, 0.25) is 0 Å². The SMILES string of the molecule is Cc1ccc2c(c1)CC[C@H]2N. The average Bonchev–Trinajstić information content (AvgIpc) is 2.32. The molecule has 1 aromatic rings. The van der Waals surface area contributed by atoms with Crippen molar-refractivity contribution in [3.8, 4) is 0 Å². The van der Waals surface area contributed by atoms with E-state index in [4.69, 9.17) is 5.73 Å². The Balaban J connectivity index is 2.50. The second-order valence-electron chi connectivity index (χ2n) is 3.35. The lowest BCUT2D eigenvalue weighted by atomic mass is 10.1. The first-order chi connectivity index (χ1) is 5.27. The zero-order valence-electron chi connectivity index (χ0n) is 6.80. The van der Waals surface area contributed by atoms with Crippen LogP contribution in [0.3, 0.4) is 0 Å². The maximum Gasteiger partial charge on any atom is 0.0300 e. The van der Waals surface area contributed by atoms with Gasteiger partial charge in [-0.1, -0.05) is 23.8 Å². The summed E-state index contributed by atoms with van der Waals surface area (Å²) in [4.78, 5) is 0. The van der Waals surface area contributed by atoms with Crippen LogP contribution in [0.1, 0.15) is 29.2 Å². The molecule has 1 aliphatic carbocycles. The molecule has 1 atom stereocenters. The summed E-state index contributed by atoms with van der Waals surface area (Å²) in [6, 6.07) is 6.86. The highest BCUT2D eigenvalue weighted by Gasteiger charge is 2.17. The Kier molecular flexibility index (Phi) is 1.46. The molecule has 1 heteroatoms. The Hall–Kier alpha value is -0.820. The van der Waals surface area contributed by atoms with Gasteiger partial charge >= 0.3 is 0 Å². The molecule has 0 aromatic heterocycles. The lowest BCUT2D eigenvalue weighted by molar-refractivity contribution is 0.713. The summed E-state index contributed by atoms with van der Waals surface area (Å²) in [7, 11) is 0. The van der Waals surface area contributed by atoms with Crippen LogP contribution in [0.4, 0.5) is 0 Å². The predicted molar refractivity (Wildman–Crippen MR) is 46.4 cm³/mol. The van der Waals surface area contributed by atoms with Gasteiger partial charge in [-0.25, -0.2) is 0 Å². The summed E-state index contributed by atoms with van der Waals surface area (Å²) < 4.78 is 0. The van der Waals surface area contributed by atoms with Crippen molar-refractivity contribution in [3.05, 3.63) is 34.9 Å². The Bertz CT molecular complexity index is 278.